The van der Waals surface area contributed by atoms with Crippen LogP contribution in [0, 0.1) is 0 Å². The zero-order valence-corrected chi connectivity index (χ0v) is 10.1. The Hall–Kier alpha value is -1.07. The van der Waals surface area contributed by atoms with Gasteiger partial charge in [-0.15, -0.1) is 0 Å². The molecule has 0 unspecified atom stereocenters. The van der Waals surface area contributed by atoms with Crippen LogP contribution in [0.25, 0.3) is 0 Å². The Morgan fingerprint density at radius 3 is 2.39 bits per heavy atom. The van der Waals surface area contributed by atoms with Crippen molar-refractivity contribution in [3.63, 3.8) is 0 Å². The van der Waals surface area contributed by atoms with Crippen molar-refractivity contribution in [2.24, 2.45) is 0 Å². The lowest BCUT2D eigenvalue weighted by molar-refractivity contribution is -0.138. The molecule has 2 nitrogen and oxygen atoms in total. The van der Waals surface area contributed by atoms with E-state index in [4.69, 9.17) is 0 Å². The van der Waals surface area contributed by atoms with Gasteiger partial charge in [-0.25, -0.2) is 5.01 Å². The van der Waals surface area contributed by atoms with Gasteiger partial charge in [0.15, 0.2) is 0 Å². The normalized spacial score (nSPS) is 17.9. The van der Waals surface area contributed by atoms with Gasteiger partial charge in [0.2, 0.25) is 0 Å². The Morgan fingerprint density at radius 1 is 1.06 bits per heavy atom. The fourth-order valence-corrected chi connectivity index (χ4v) is 2.20. The highest BCUT2D eigenvalue weighted by Gasteiger charge is 2.32. The lowest BCUT2D eigenvalue weighted by atomic mass is 10.1. The summed E-state index contributed by atoms with van der Waals surface area (Å²) in [4.78, 5) is 0. The number of piperidine rings is 1. The Kier molecular flexibility index (Phi) is 4.24. The van der Waals surface area contributed by atoms with Crippen LogP contribution in [0.2, 0.25) is 0 Å². The predicted molar refractivity (Wildman–Crippen MR) is 63.7 cm³/mol. The van der Waals surface area contributed by atoms with E-state index in [1.54, 1.807) is 6.07 Å². The molecule has 0 atom stereocenters. The first-order valence-corrected chi connectivity index (χ1v) is 6.21. The van der Waals surface area contributed by atoms with E-state index in [1.807, 2.05) is 5.01 Å². The van der Waals surface area contributed by atoms with Crippen LogP contribution in [0.5, 0.6) is 0 Å². The van der Waals surface area contributed by atoms with E-state index in [-0.39, 0.29) is 6.54 Å². The molecule has 1 aromatic carbocycles. The molecule has 1 heterocycles. The topological polar surface area (TPSA) is 15.3 Å². The van der Waals surface area contributed by atoms with Crippen molar-refractivity contribution in [1.29, 1.82) is 0 Å². The standard InChI is InChI=1S/C13H17F3N2/c14-13(15,16)12-7-3-2-6-11(12)10-17-18-8-4-1-5-9-18/h2-3,6-7,17H,1,4-5,8-10H2. The average Bonchev–Trinajstić information content (AvgIpc) is 2.37. The molecule has 100 valence electrons. The molecule has 1 aromatic rings. The summed E-state index contributed by atoms with van der Waals surface area (Å²) in [6.07, 6.45) is -0.862. The Morgan fingerprint density at radius 2 is 1.72 bits per heavy atom. The van der Waals surface area contributed by atoms with Crippen molar-refractivity contribution >= 4 is 0 Å². The molecule has 0 saturated carbocycles. The van der Waals surface area contributed by atoms with Crippen LogP contribution in [-0.2, 0) is 12.7 Å². The number of rotatable bonds is 3. The van der Waals surface area contributed by atoms with E-state index >= 15 is 0 Å². The molecule has 5 heteroatoms. The minimum absolute atomic E-state index is 0.232. The molecule has 0 aromatic heterocycles. The molecule has 1 saturated heterocycles. The molecule has 1 aliphatic rings. The second kappa shape index (κ2) is 5.71. The first kappa shape index (κ1) is 13.4. The lowest BCUT2D eigenvalue weighted by Gasteiger charge is -2.27. The predicted octanol–water partition coefficient (Wildman–Crippen LogP) is 3.20. The molecule has 1 aliphatic heterocycles. The van der Waals surface area contributed by atoms with Crippen LogP contribution >= 0.6 is 0 Å². The summed E-state index contributed by atoms with van der Waals surface area (Å²) in [5.74, 6) is 0. The van der Waals surface area contributed by atoms with Crippen LogP contribution in [0.15, 0.2) is 24.3 Å². The van der Waals surface area contributed by atoms with Crippen LogP contribution < -0.4 is 5.43 Å². The van der Waals surface area contributed by atoms with Crippen molar-refractivity contribution in [2.75, 3.05) is 13.1 Å². The van der Waals surface area contributed by atoms with Gasteiger partial charge in [0.1, 0.15) is 0 Å². The summed E-state index contributed by atoms with van der Waals surface area (Å²) in [7, 11) is 0. The van der Waals surface area contributed by atoms with E-state index in [1.165, 1.54) is 18.6 Å². The molecule has 0 spiro atoms. The van der Waals surface area contributed by atoms with Gasteiger partial charge < -0.3 is 0 Å². The van der Waals surface area contributed by atoms with Gasteiger partial charge in [-0.05, 0) is 24.5 Å². The highest BCUT2D eigenvalue weighted by Crippen LogP contribution is 2.31. The van der Waals surface area contributed by atoms with E-state index in [2.05, 4.69) is 5.43 Å². The van der Waals surface area contributed by atoms with Crippen molar-refractivity contribution in [3.05, 3.63) is 35.4 Å². The number of hydrogen-bond donors (Lipinski definition) is 1. The number of nitrogens with zero attached hydrogens (tertiary/aromatic N) is 1. The van der Waals surface area contributed by atoms with Crippen molar-refractivity contribution in [1.82, 2.24) is 10.4 Å². The molecule has 0 aliphatic carbocycles. The first-order chi connectivity index (χ1) is 8.57. The zero-order chi connectivity index (χ0) is 13.0. The molecule has 1 N–H and O–H groups in total. The van der Waals surface area contributed by atoms with Crippen LogP contribution in [-0.4, -0.2) is 18.1 Å². The van der Waals surface area contributed by atoms with Crippen LogP contribution in [0.1, 0.15) is 30.4 Å². The SMILES string of the molecule is FC(F)(F)c1ccccc1CNN1CCCCC1. The minimum atomic E-state index is -4.28. The summed E-state index contributed by atoms with van der Waals surface area (Å²) < 4.78 is 38.3. The fraction of sp³-hybridized carbons (Fsp3) is 0.538. The second-order valence-corrected chi connectivity index (χ2v) is 4.54. The van der Waals surface area contributed by atoms with Crippen molar-refractivity contribution in [2.45, 2.75) is 32.0 Å². The third kappa shape index (κ3) is 3.46. The number of halogens is 3. The van der Waals surface area contributed by atoms with Gasteiger partial charge in [-0.3, -0.25) is 5.43 Å². The Balaban J connectivity index is 2.00. The van der Waals surface area contributed by atoms with Crippen molar-refractivity contribution < 1.29 is 13.2 Å². The maximum Gasteiger partial charge on any atom is 0.416 e. The summed E-state index contributed by atoms with van der Waals surface area (Å²) in [5.41, 5.74) is 2.84. The average molecular weight is 258 g/mol. The molecule has 0 radical (unpaired) electrons. The highest BCUT2D eigenvalue weighted by atomic mass is 19.4. The molecular weight excluding hydrogens is 241 g/mol. The summed E-state index contributed by atoms with van der Waals surface area (Å²) in [6.45, 7) is 2.05. The molecular formula is C13H17F3N2. The maximum absolute atomic E-state index is 12.8. The number of nitrogens with one attached hydrogen (secondary N) is 1. The van der Waals surface area contributed by atoms with Gasteiger partial charge in [0, 0.05) is 19.6 Å². The van der Waals surface area contributed by atoms with Crippen LogP contribution in [0.3, 0.4) is 0 Å². The third-order valence-electron chi connectivity index (χ3n) is 3.17. The molecule has 1 fully saturated rings. The molecule has 2 rings (SSSR count). The summed E-state index contributed by atoms with van der Waals surface area (Å²) in [5, 5.41) is 2.01. The number of hydrogen-bond acceptors (Lipinski definition) is 2. The Labute approximate surface area is 105 Å². The van der Waals surface area contributed by atoms with Gasteiger partial charge in [0.05, 0.1) is 5.56 Å². The van der Waals surface area contributed by atoms with Crippen LogP contribution in [0.4, 0.5) is 13.2 Å². The number of benzene rings is 1. The summed E-state index contributed by atoms with van der Waals surface area (Å²) >= 11 is 0. The van der Waals surface area contributed by atoms with Gasteiger partial charge in [-0.2, -0.15) is 13.2 Å². The van der Waals surface area contributed by atoms with E-state index in [9.17, 15) is 13.2 Å². The van der Waals surface area contributed by atoms with E-state index in [0.29, 0.717) is 5.56 Å². The zero-order valence-electron chi connectivity index (χ0n) is 10.1. The molecule has 18 heavy (non-hydrogen) atoms. The number of alkyl halides is 3. The Bertz CT molecular complexity index is 384. The maximum atomic E-state index is 12.8. The van der Waals surface area contributed by atoms with Gasteiger partial charge in [0.25, 0.3) is 0 Å². The third-order valence-corrected chi connectivity index (χ3v) is 3.17. The largest absolute Gasteiger partial charge is 0.416 e. The molecule has 0 amide bonds. The quantitative estimate of drug-likeness (QED) is 0.895. The number of hydrazine groups is 1. The fourth-order valence-electron chi connectivity index (χ4n) is 2.20. The lowest BCUT2D eigenvalue weighted by Crippen LogP contribution is -2.41. The highest BCUT2D eigenvalue weighted by molar-refractivity contribution is 5.29. The molecule has 0 bridgehead atoms. The smallest absolute Gasteiger partial charge is 0.251 e. The summed E-state index contributed by atoms with van der Waals surface area (Å²) in [6, 6.07) is 5.72. The minimum Gasteiger partial charge on any atom is -0.251 e. The van der Waals surface area contributed by atoms with E-state index < -0.39 is 11.7 Å². The van der Waals surface area contributed by atoms with Gasteiger partial charge >= 0.3 is 6.18 Å². The van der Waals surface area contributed by atoms with E-state index in [0.717, 1.165) is 32.0 Å². The monoisotopic (exact) mass is 258 g/mol. The first-order valence-electron chi connectivity index (χ1n) is 6.21. The second-order valence-electron chi connectivity index (χ2n) is 4.54. The van der Waals surface area contributed by atoms with Crippen molar-refractivity contribution in [3.8, 4) is 0 Å². The van der Waals surface area contributed by atoms with Gasteiger partial charge in [-0.1, -0.05) is 24.6 Å².